The predicted molar refractivity (Wildman–Crippen MR) is 179 cm³/mol. The summed E-state index contributed by atoms with van der Waals surface area (Å²) in [6.07, 6.45) is 0.436. The van der Waals surface area contributed by atoms with Gasteiger partial charge < -0.3 is 43.2 Å². The van der Waals surface area contributed by atoms with Crippen molar-refractivity contribution in [1.82, 2.24) is 26.6 Å². The van der Waals surface area contributed by atoms with Gasteiger partial charge in [0.2, 0.25) is 35.4 Å². The van der Waals surface area contributed by atoms with Crippen LogP contribution in [-0.4, -0.2) is 65.2 Å². The number of benzene rings is 3. The van der Waals surface area contributed by atoms with Crippen LogP contribution in [0, 0.1) is 5.82 Å². The Kier molecular flexibility index (Phi) is 13.0. The molecule has 1 aliphatic heterocycles. The molecule has 50 heavy (non-hydrogen) atoms. The van der Waals surface area contributed by atoms with Crippen molar-refractivity contribution in [3.05, 3.63) is 101 Å². The largest absolute Gasteiger partial charge is 0.508 e. The Morgan fingerprint density at radius 3 is 2.06 bits per heavy atom. The molecule has 15 heteroatoms. The highest BCUT2D eigenvalue weighted by Gasteiger charge is 2.33. The standard InChI is InChI=1S/C35H40FN7O7/c36-23-13-11-22(12-14-23)30-34(49)41-27(31(38)46)19-28(45)39-17-5-4-8-26(40-32(47)25(37)18-20-9-15-24(44)16-10-20)33(48)42-29(35(50)43-30)21-6-2-1-3-7-21/h1-3,6-7,9-16,25-27,29-30,44H,4-5,8,17-19,37H2,(H2,38,46)(H,39,45)(H,40,47)(H,41,49)(H,42,48)(H,43,50)/t25-,26+,27-,29-,30-/m0/s1. The van der Waals surface area contributed by atoms with Crippen LogP contribution in [0.5, 0.6) is 5.75 Å². The first kappa shape index (κ1) is 37.0. The number of carbonyl (C=O) groups excluding carboxylic acids is 6. The molecule has 0 aliphatic carbocycles. The highest BCUT2D eigenvalue weighted by Crippen LogP contribution is 2.20. The highest BCUT2D eigenvalue weighted by molar-refractivity contribution is 5.97. The van der Waals surface area contributed by atoms with Gasteiger partial charge in [-0.3, -0.25) is 28.8 Å². The lowest BCUT2D eigenvalue weighted by atomic mass is 10.0. The number of hydrogen-bond acceptors (Lipinski definition) is 8. The molecule has 0 saturated carbocycles. The van der Waals surface area contributed by atoms with E-state index >= 15 is 0 Å². The van der Waals surface area contributed by atoms with Gasteiger partial charge in [-0.15, -0.1) is 0 Å². The Morgan fingerprint density at radius 1 is 0.820 bits per heavy atom. The summed E-state index contributed by atoms with van der Waals surface area (Å²) in [6.45, 7) is 0.145. The van der Waals surface area contributed by atoms with E-state index in [0.29, 0.717) is 24.0 Å². The van der Waals surface area contributed by atoms with Gasteiger partial charge in [-0.2, -0.15) is 0 Å². The topological polar surface area (TPSA) is 235 Å². The Hall–Kier alpha value is -5.83. The molecule has 1 fully saturated rings. The summed E-state index contributed by atoms with van der Waals surface area (Å²) in [5, 5.41) is 22.5. The van der Waals surface area contributed by atoms with E-state index in [2.05, 4.69) is 26.6 Å². The summed E-state index contributed by atoms with van der Waals surface area (Å²) in [4.78, 5) is 79.5. The first-order valence-corrected chi connectivity index (χ1v) is 16.0. The minimum Gasteiger partial charge on any atom is -0.508 e. The summed E-state index contributed by atoms with van der Waals surface area (Å²) < 4.78 is 13.8. The van der Waals surface area contributed by atoms with Crippen molar-refractivity contribution in [3.63, 3.8) is 0 Å². The third-order valence-electron chi connectivity index (χ3n) is 8.09. The molecule has 0 aromatic heterocycles. The molecular weight excluding hydrogens is 649 g/mol. The molecule has 3 aromatic rings. The number of primary amides is 1. The molecular formula is C35H40FN7O7. The zero-order chi connectivity index (χ0) is 36.2. The van der Waals surface area contributed by atoms with Crippen molar-refractivity contribution in [2.24, 2.45) is 11.5 Å². The highest BCUT2D eigenvalue weighted by atomic mass is 19.1. The van der Waals surface area contributed by atoms with E-state index in [1.807, 2.05) is 0 Å². The van der Waals surface area contributed by atoms with Crippen LogP contribution in [0.15, 0.2) is 78.9 Å². The second kappa shape index (κ2) is 17.5. The van der Waals surface area contributed by atoms with Crippen LogP contribution in [0.1, 0.15) is 54.5 Å². The van der Waals surface area contributed by atoms with Crippen molar-refractivity contribution < 1.29 is 38.3 Å². The van der Waals surface area contributed by atoms with Crippen molar-refractivity contribution in [1.29, 1.82) is 0 Å². The summed E-state index contributed by atoms with van der Waals surface area (Å²) in [7, 11) is 0. The lowest BCUT2D eigenvalue weighted by Gasteiger charge is -2.27. The molecule has 3 aromatic carbocycles. The Balaban J connectivity index is 1.65. The van der Waals surface area contributed by atoms with Crippen LogP contribution in [-0.2, 0) is 35.2 Å². The lowest BCUT2D eigenvalue weighted by Crippen LogP contribution is -2.54. The van der Waals surface area contributed by atoms with E-state index in [1.165, 1.54) is 24.3 Å². The number of carbonyl (C=O) groups is 6. The number of nitrogens with two attached hydrogens (primary N) is 2. The molecule has 1 heterocycles. The molecule has 0 unspecified atom stereocenters. The third-order valence-corrected chi connectivity index (χ3v) is 8.09. The quantitative estimate of drug-likeness (QED) is 0.171. The van der Waals surface area contributed by atoms with Gasteiger partial charge in [0, 0.05) is 6.54 Å². The van der Waals surface area contributed by atoms with E-state index < -0.39 is 77.9 Å². The molecule has 14 nitrogen and oxygen atoms in total. The molecule has 1 aliphatic rings. The van der Waals surface area contributed by atoms with E-state index in [0.717, 1.165) is 12.1 Å². The number of rotatable bonds is 7. The molecule has 4 rings (SSSR count). The Morgan fingerprint density at radius 2 is 1.42 bits per heavy atom. The lowest BCUT2D eigenvalue weighted by molar-refractivity contribution is -0.135. The van der Waals surface area contributed by atoms with Gasteiger partial charge in [0.25, 0.3) is 0 Å². The van der Waals surface area contributed by atoms with E-state index in [9.17, 15) is 38.3 Å². The number of halogens is 1. The molecule has 0 bridgehead atoms. The van der Waals surface area contributed by atoms with Crippen LogP contribution in [0.4, 0.5) is 4.39 Å². The van der Waals surface area contributed by atoms with E-state index in [4.69, 9.17) is 11.5 Å². The predicted octanol–water partition coefficient (Wildman–Crippen LogP) is 0.261. The fourth-order valence-electron chi connectivity index (χ4n) is 5.33. The van der Waals surface area contributed by atoms with Gasteiger partial charge in [0.05, 0.1) is 12.5 Å². The number of amides is 6. The molecule has 6 amide bonds. The number of phenols is 1. The fraction of sp³-hybridized carbons (Fsp3) is 0.314. The first-order chi connectivity index (χ1) is 23.9. The van der Waals surface area contributed by atoms with Crippen LogP contribution >= 0.6 is 0 Å². The summed E-state index contributed by atoms with van der Waals surface area (Å²) in [5.74, 6) is -5.26. The molecule has 0 radical (unpaired) electrons. The van der Waals surface area contributed by atoms with E-state index in [-0.39, 0.29) is 30.7 Å². The summed E-state index contributed by atoms with van der Waals surface area (Å²) in [5.41, 5.74) is 12.8. The van der Waals surface area contributed by atoms with E-state index in [1.54, 1.807) is 42.5 Å². The Labute approximate surface area is 287 Å². The summed E-state index contributed by atoms with van der Waals surface area (Å²) in [6, 6.07) is 12.4. The molecule has 10 N–H and O–H groups in total. The van der Waals surface area contributed by atoms with Crippen molar-refractivity contribution in [2.45, 2.75) is 62.3 Å². The maximum absolute atomic E-state index is 14.0. The van der Waals surface area contributed by atoms with Gasteiger partial charge in [-0.1, -0.05) is 54.6 Å². The maximum Gasteiger partial charge on any atom is 0.248 e. The van der Waals surface area contributed by atoms with Crippen molar-refractivity contribution in [2.75, 3.05) is 6.54 Å². The number of phenolic OH excluding ortho intramolecular Hbond substituents is 1. The van der Waals surface area contributed by atoms with Crippen molar-refractivity contribution >= 4 is 35.4 Å². The third kappa shape index (κ3) is 10.6. The number of aromatic hydroxyl groups is 1. The van der Waals surface area contributed by atoms with Gasteiger partial charge in [-0.05, 0) is 66.6 Å². The zero-order valence-electron chi connectivity index (χ0n) is 27.1. The van der Waals surface area contributed by atoms with Gasteiger partial charge in [0.1, 0.15) is 35.7 Å². The monoisotopic (exact) mass is 689 g/mol. The van der Waals surface area contributed by atoms with Gasteiger partial charge >= 0.3 is 0 Å². The van der Waals surface area contributed by atoms with Gasteiger partial charge in [-0.25, -0.2) is 4.39 Å². The van der Waals surface area contributed by atoms with Crippen LogP contribution in [0.25, 0.3) is 0 Å². The first-order valence-electron chi connectivity index (χ1n) is 16.0. The number of nitrogens with one attached hydrogen (secondary N) is 5. The molecule has 0 spiro atoms. The molecule has 264 valence electrons. The number of hydrogen-bond donors (Lipinski definition) is 8. The minimum absolute atomic E-state index is 0.0515. The fourth-order valence-corrected chi connectivity index (χ4v) is 5.33. The second-order valence-corrected chi connectivity index (χ2v) is 11.9. The molecule has 5 atom stereocenters. The van der Waals surface area contributed by atoms with Crippen LogP contribution in [0.3, 0.4) is 0 Å². The van der Waals surface area contributed by atoms with Gasteiger partial charge in [0.15, 0.2) is 0 Å². The Bertz CT molecular complexity index is 1670. The molecule has 1 saturated heterocycles. The second-order valence-electron chi connectivity index (χ2n) is 11.9. The average molecular weight is 690 g/mol. The van der Waals surface area contributed by atoms with Crippen LogP contribution < -0.4 is 38.1 Å². The SMILES string of the molecule is NC(=O)[C@@H]1CC(=O)NCCCC[C@@H](NC(=O)[C@@H](N)Cc2ccc(O)cc2)C(=O)N[C@@H](c2ccccc2)C(=O)N[C@@H](c2ccc(F)cc2)C(=O)N1. The van der Waals surface area contributed by atoms with Crippen molar-refractivity contribution in [3.8, 4) is 5.75 Å². The summed E-state index contributed by atoms with van der Waals surface area (Å²) >= 11 is 0. The normalized spacial score (nSPS) is 21.7. The minimum atomic E-state index is -1.51. The smallest absolute Gasteiger partial charge is 0.248 e. The zero-order valence-corrected chi connectivity index (χ0v) is 27.1. The van der Waals surface area contributed by atoms with Crippen LogP contribution in [0.2, 0.25) is 0 Å². The maximum atomic E-state index is 14.0. The average Bonchev–Trinajstić information content (AvgIpc) is 3.09.